The molecule has 0 N–H and O–H groups in total. The number of ether oxygens (including phenoxy) is 2. The predicted molar refractivity (Wildman–Crippen MR) is 97.8 cm³/mol. The number of hydrogen-bond donors (Lipinski definition) is 0. The maximum absolute atomic E-state index is 13.0. The summed E-state index contributed by atoms with van der Waals surface area (Å²) in [5.74, 6) is 1.87. The standard InChI is InChI=1S/C21H23NO3/c1-14-5-7-19(24-2)21-17(14)4-3-10-22(21)20(23)13-15-6-8-18-16(12-15)9-11-25-18/h5-8,12H,3-4,9-11,13H2,1-2H3. The summed E-state index contributed by atoms with van der Waals surface area (Å²) in [6.07, 6.45) is 3.32. The van der Waals surface area contributed by atoms with Gasteiger partial charge in [0.15, 0.2) is 0 Å². The first-order valence-corrected chi connectivity index (χ1v) is 8.89. The average Bonchev–Trinajstić information content (AvgIpc) is 3.09. The van der Waals surface area contributed by atoms with Crippen LogP contribution in [0.5, 0.6) is 11.5 Å². The fourth-order valence-electron chi connectivity index (χ4n) is 3.89. The van der Waals surface area contributed by atoms with E-state index < -0.39 is 0 Å². The van der Waals surface area contributed by atoms with E-state index in [0.717, 1.165) is 55.2 Å². The van der Waals surface area contributed by atoms with Gasteiger partial charge in [-0.25, -0.2) is 0 Å². The topological polar surface area (TPSA) is 38.8 Å². The highest BCUT2D eigenvalue weighted by molar-refractivity contribution is 5.97. The van der Waals surface area contributed by atoms with Crippen LogP contribution in [0, 0.1) is 6.92 Å². The van der Waals surface area contributed by atoms with E-state index in [9.17, 15) is 4.79 Å². The second kappa shape index (κ2) is 6.43. The van der Waals surface area contributed by atoms with Crippen LogP contribution >= 0.6 is 0 Å². The van der Waals surface area contributed by atoms with E-state index in [-0.39, 0.29) is 5.91 Å². The largest absolute Gasteiger partial charge is 0.495 e. The van der Waals surface area contributed by atoms with Gasteiger partial charge in [-0.15, -0.1) is 0 Å². The van der Waals surface area contributed by atoms with E-state index in [2.05, 4.69) is 19.1 Å². The zero-order chi connectivity index (χ0) is 17.4. The molecule has 0 saturated heterocycles. The van der Waals surface area contributed by atoms with Gasteiger partial charge in [-0.1, -0.05) is 18.2 Å². The number of nitrogens with zero attached hydrogens (tertiary/aromatic N) is 1. The van der Waals surface area contributed by atoms with Gasteiger partial charge in [0.25, 0.3) is 0 Å². The van der Waals surface area contributed by atoms with Gasteiger partial charge in [0, 0.05) is 13.0 Å². The van der Waals surface area contributed by atoms with Crippen LogP contribution in [0.15, 0.2) is 30.3 Å². The molecule has 2 aromatic rings. The molecule has 0 atom stereocenters. The Labute approximate surface area is 148 Å². The SMILES string of the molecule is COc1ccc(C)c2c1N(C(=O)Cc1ccc3c(c1)CCO3)CCC2. The third-order valence-corrected chi connectivity index (χ3v) is 5.19. The number of rotatable bonds is 3. The lowest BCUT2D eigenvalue weighted by Gasteiger charge is -2.32. The van der Waals surface area contributed by atoms with Crippen molar-refractivity contribution in [3.63, 3.8) is 0 Å². The normalized spacial score (nSPS) is 15.4. The lowest BCUT2D eigenvalue weighted by Crippen LogP contribution is -2.37. The van der Waals surface area contributed by atoms with Gasteiger partial charge in [0.1, 0.15) is 11.5 Å². The summed E-state index contributed by atoms with van der Waals surface area (Å²) in [5.41, 5.74) is 5.68. The van der Waals surface area contributed by atoms with Gasteiger partial charge in [-0.05, 0) is 54.2 Å². The molecule has 4 nitrogen and oxygen atoms in total. The summed E-state index contributed by atoms with van der Waals surface area (Å²) in [6, 6.07) is 10.1. The molecule has 0 aromatic heterocycles. The molecule has 0 saturated carbocycles. The highest BCUT2D eigenvalue weighted by Gasteiger charge is 2.27. The Kier molecular flexibility index (Phi) is 4.12. The number of fused-ring (bicyclic) bond motifs is 2. The van der Waals surface area contributed by atoms with Crippen LogP contribution < -0.4 is 14.4 Å². The minimum Gasteiger partial charge on any atom is -0.495 e. The second-order valence-electron chi connectivity index (χ2n) is 6.78. The second-order valence-corrected chi connectivity index (χ2v) is 6.78. The van der Waals surface area contributed by atoms with Gasteiger partial charge >= 0.3 is 0 Å². The Morgan fingerprint density at radius 1 is 1.24 bits per heavy atom. The third-order valence-electron chi connectivity index (χ3n) is 5.19. The Hall–Kier alpha value is -2.49. The van der Waals surface area contributed by atoms with E-state index in [0.29, 0.717) is 6.42 Å². The van der Waals surface area contributed by atoms with Gasteiger partial charge in [0.05, 0.1) is 25.8 Å². The maximum Gasteiger partial charge on any atom is 0.231 e. The number of hydrogen-bond acceptors (Lipinski definition) is 3. The van der Waals surface area contributed by atoms with Gasteiger partial charge in [0.2, 0.25) is 5.91 Å². The summed E-state index contributed by atoms with van der Waals surface area (Å²) < 4.78 is 11.1. The van der Waals surface area contributed by atoms with Crippen LogP contribution in [0.25, 0.3) is 0 Å². The lowest BCUT2D eigenvalue weighted by molar-refractivity contribution is -0.118. The summed E-state index contributed by atoms with van der Waals surface area (Å²) in [5, 5.41) is 0. The minimum atomic E-state index is 0.128. The number of amides is 1. The van der Waals surface area contributed by atoms with Crippen molar-refractivity contribution in [1.29, 1.82) is 0 Å². The van der Waals surface area contributed by atoms with Crippen LogP contribution in [0.1, 0.15) is 28.7 Å². The van der Waals surface area contributed by atoms with Crippen molar-refractivity contribution in [2.24, 2.45) is 0 Å². The summed E-state index contributed by atoms with van der Waals surface area (Å²) >= 11 is 0. The molecule has 1 amide bonds. The van der Waals surface area contributed by atoms with Crippen LogP contribution in [0.3, 0.4) is 0 Å². The van der Waals surface area contributed by atoms with Crippen molar-refractivity contribution in [2.75, 3.05) is 25.2 Å². The Morgan fingerprint density at radius 3 is 2.96 bits per heavy atom. The molecule has 2 heterocycles. The zero-order valence-corrected chi connectivity index (χ0v) is 14.8. The molecule has 2 aliphatic heterocycles. The van der Waals surface area contributed by atoms with Crippen molar-refractivity contribution in [2.45, 2.75) is 32.6 Å². The highest BCUT2D eigenvalue weighted by Crippen LogP contribution is 2.38. The molecular weight excluding hydrogens is 314 g/mol. The molecule has 130 valence electrons. The van der Waals surface area contributed by atoms with Gasteiger partial charge in [-0.2, -0.15) is 0 Å². The van der Waals surface area contributed by atoms with Crippen molar-refractivity contribution in [1.82, 2.24) is 0 Å². The molecule has 4 rings (SSSR count). The maximum atomic E-state index is 13.0. The van der Waals surface area contributed by atoms with E-state index in [4.69, 9.17) is 9.47 Å². The lowest BCUT2D eigenvalue weighted by atomic mass is 9.95. The van der Waals surface area contributed by atoms with Gasteiger partial charge < -0.3 is 14.4 Å². The Balaban J connectivity index is 1.63. The molecule has 0 unspecified atom stereocenters. The number of anilines is 1. The smallest absolute Gasteiger partial charge is 0.231 e. The molecule has 2 aromatic carbocycles. The van der Waals surface area contributed by atoms with Crippen molar-refractivity contribution >= 4 is 11.6 Å². The first-order chi connectivity index (χ1) is 12.2. The Bertz CT molecular complexity index is 828. The van der Waals surface area contributed by atoms with Crippen molar-refractivity contribution in [3.05, 3.63) is 52.6 Å². The molecule has 2 aliphatic rings. The van der Waals surface area contributed by atoms with Crippen LogP contribution in [0.2, 0.25) is 0 Å². The van der Waals surface area contributed by atoms with Gasteiger partial charge in [-0.3, -0.25) is 4.79 Å². The molecule has 0 fully saturated rings. The van der Waals surface area contributed by atoms with Crippen molar-refractivity contribution in [3.8, 4) is 11.5 Å². The first-order valence-electron chi connectivity index (χ1n) is 8.89. The van der Waals surface area contributed by atoms with Crippen LogP contribution in [0.4, 0.5) is 5.69 Å². The van der Waals surface area contributed by atoms with E-state index in [1.807, 2.05) is 23.1 Å². The first kappa shape index (κ1) is 16.0. The summed E-state index contributed by atoms with van der Waals surface area (Å²) in [6.45, 7) is 3.59. The zero-order valence-electron chi connectivity index (χ0n) is 14.8. The molecule has 0 bridgehead atoms. The molecule has 0 radical (unpaired) electrons. The molecule has 0 aliphatic carbocycles. The van der Waals surface area contributed by atoms with Crippen LogP contribution in [-0.2, 0) is 24.1 Å². The highest BCUT2D eigenvalue weighted by atomic mass is 16.5. The predicted octanol–water partition coefficient (Wildman–Crippen LogP) is 3.46. The quantitative estimate of drug-likeness (QED) is 0.861. The van der Waals surface area contributed by atoms with E-state index in [1.165, 1.54) is 16.7 Å². The molecule has 25 heavy (non-hydrogen) atoms. The molecule has 4 heteroatoms. The van der Waals surface area contributed by atoms with E-state index >= 15 is 0 Å². The number of carbonyl (C=O) groups excluding carboxylic acids is 1. The molecular formula is C21H23NO3. The average molecular weight is 337 g/mol. The number of aryl methyl sites for hydroxylation is 1. The number of carbonyl (C=O) groups is 1. The minimum absolute atomic E-state index is 0.128. The monoisotopic (exact) mass is 337 g/mol. The number of benzene rings is 2. The summed E-state index contributed by atoms with van der Waals surface area (Å²) in [7, 11) is 1.67. The third kappa shape index (κ3) is 2.86. The number of methoxy groups -OCH3 is 1. The van der Waals surface area contributed by atoms with E-state index in [1.54, 1.807) is 7.11 Å². The molecule has 0 spiro atoms. The fraction of sp³-hybridized carbons (Fsp3) is 0.381. The Morgan fingerprint density at radius 2 is 2.12 bits per heavy atom. The fourth-order valence-corrected chi connectivity index (χ4v) is 3.89. The van der Waals surface area contributed by atoms with Crippen molar-refractivity contribution < 1.29 is 14.3 Å². The summed E-state index contributed by atoms with van der Waals surface area (Å²) in [4.78, 5) is 15.0. The van der Waals surface area contributed by atoms with Crippen LogP contribution in [-0.4, -0.2) is 26.2 Å².